The number of benzene rings is 2. The molecule has 0 aliphatic carbocycles. The van der Waals surface area contributed by atoms with Crippen LogP contribution in [0.1, 0.15) is 29.8 Å². The van der Waals surface area contributed by atoms with Crippen molar-refractivity contribution in [1.29, 1.82) is 0 Å². The van der Waals surface area contributed by atoms with E-state index in [-0.39, 0.29) is 17.0 Å². The summed E-state index contributed by atoms with van der Waals surface area (Å²) in [5.74, 6) is -0.552. The molecule has 7 nitrogen and oxygen atoms in total. The lowest BCUT2D eigenvalue weighted by Gasteiger charge is -2.18. The van der Waals surface area contributed by atoms with Crippen molar-refractivity contribution < 1.29 is 17.6 Å². The predicted octanol–water partition coefficient (Wildman–Crippen LogP) is 2.75. The molecule has 8 heteroatoms. The van der Waals surface area contributed by atoms with Crippen molar-refractivity contribution in [3.63, 3.8) is 0 Å². The highest BCUT2D eigenvalue weighted by Crippen LogP contribution is 2.16. The Kier molecular flexibility index (Phi) is 6.14. The van der Waals surface area contributed by atoms with E-state index in [2.05, 4.69) is 5.32 Å². The standard InChI is InChI=1S/C21H22N2O5S/c1-3-23(4-2)29(26,27)17-11-9-15(10-12-17)14-22-20(24)18-13-16-7-5-6-8-19(16)28-21(18)25/h5-13H,3-4,14H2,1-2H3,(H,22,24). The van der Waals surface area contributed by atoms with Gasteiger partial charge in [0, 0.05) is 25.0 Å². The molecule has 1 heterocycles. The van der Waals surface area contributed by atoms with Crippen molar-refractivity contribution >= 4 is 26.9 Å². The Balaban J connectivity index is 1.73. The Morgan fingerprint density at radius 1 is 1.03 bits per heavy atom. The average Bonchev–Trinajstić information content (AvgIpc) is 2.72. The molecule has 0 aliphatic rings. The Morgan fingerprint density at radius 3 is 2.34 bits per heavy atom. The van der Waals surface area contributed by atoms with Gasteiger partial charge in [0.15, 0.2) is 0 Å². The number of nitrogens with one attached hydrogen (secondary N) is 1. The fourth-order valence-corrected chi connectivity index (χ4v) is 4.45. The van der Waals surface area contributed by atoms with Gasteiger partial charge < -0.3 is 9.73 Å². The second-order valence-electron chi connectivity index (χ2n) is 6.40. The molecule has 29 heavy (non-hydrogen) atoms. The fraction of sp³-hybridized carbons (Fsp3) is 0.238. The largest absolute Gasteiger partial charge is 0.422 e. The maximum atomic E-state index is 12.5. The van der Waals surface area contributed by atoms with Crippen molar-refractivity contribution in [3.8, 4) is 0 Å². The van der Waals surface area contributed by atoms with Crippen molar-refractivity contribution in [1.82, 2.24) is 9.62 Å². The Bertz CT molecular complexity index is 1180. The van der Waals surface area contributed by atoms with Crippen molar-refractivity contribution in [3.05, 3.63) is 76.1 Å². The molecule has 0 spiro atoms. The molecule has 0 saturated heterocycles. The summed E-state index contributed by atoms with van der Waals surface area (Å²) in [4.78, 5) is 24.7. The number of sulfonamides is 1. The molecule has 0 unspecified atom stereocenters. The predicted molar refractivity (Wildman–Crippen MR) is 110 cm³/mol. The lowest BCUT2D eigenvalue weighted by molar-refractivity contribution is 0.0947. The third-order valence-corrected chi connectivity index (χ3v) is 6.67. The summed E-state index contributed by atoms with van der Waals surface area (Å²) in [5.41, 5.74) is 0.340. The molecule has 0 atom stereocenters. The summed E-state index contributed by atoms with van der Waals surface area (Å²) in [6.45, 7) is 4.51. The Hall–Kier alpha value is -2.97. The molecule has 0 saturated carbocycles. The first-order valence-electron chi connectivity index (χ1n) is 9.27. The first kappa shape index (κ1) is 20.8. The number of hydrogen-bond acceptors (Lipinski definition) is 5. The number of rotatable bonds is 7. The van der Waals surface area contributed by atoms with Gasteiger partial charge in [-0.1, -0.05) is 44.2 Å². The maximum Gasteiger partial charge on any atom is 0.349 e. The second-order valence-corrected chi connectivity index (χ2v) is 8.34. The van der Waals surface area contributed by atoms with Gasteiger partial charge in [-0.15, -0.1) is 0 Å². The zero-order valence-corrected chi connectivity index (χ0v) is 17.0. The van der Waals surface area contributed by atoms with E-state index in [1.807, 2.05) is 0 Å². The Labute approximate surface area is 169 Å². The quantitative estimate of drug-likeness (QED) is 0.600. The van der Waals surface area contributed by atoms with Crippen molar-refractivity contribution in [2.45, 2.75) is 25.3 Å². The molecule has 152 valence electrons. The van der Waals surface area contributed by atoms with Crippen LogP contribution < -0.4 is 10.9 Å². The summed E-state index contributed by atoms with van der Waals surface area (Å²) in [6.07, 6.45) is 0. The molecule has 3 rings (SSSR count). The molecule has 0 radical (unpaired) electrons. The lowest BCUT2D eigenvalue weighted by Crippen LogP contribution is -2.30. The first-order valence-corrected chi connectivity index (χ1v) is 10.7. The lowest BCUT2D eigenvalue weighted by atomic mass is 10.1. The van der Waals surface area contributed by atoms with E-state index in [1.165, 1.54) is 22.5 Å². The van der Waals surface area contributed by atoms with Crippen LogP contribution in [0, 0.1) is 0 Å². The van der Waals surface area contributed by atoms with Gasteiger partial charge in [0.25, 0.3) is 5.91 Å². The van der Waals surface area contributed by atoms with E-state index in [1.54, 1.807) is 50.2 Å². The van der Waals surface area contributed by atoms with Gasteiger partial charge >= 0.3 is 5.63 Å². The highest BCUT2D eigenvalue weighted by Gasteiger charge is 2.21. The summed E-state index contributed by atoms with van der Waals surface area (Å²) in [5, 5.41) is 3.32. The van der Waals surface area contributed by atoms with E-state index in [9.17, 15) is 18.0 Å². The number of amides is 1. The average molecular weight is 414 g/mol. The molecule has 0 aliphatic heterocycles. The second kappa shape index (κ2) is 8.59. The van der Waals surface area contributed by atoms with Gasteiger partial charge in [-0.25, -0.2) is 13.2 Å². The van der Waals surface area contributed by atoms with Gasteiger partial charge in [-0.3, -0.25) is 4.79 Å². The number of hydrogen-bond donors (Lipinski definition) is 1. The molecule has 2 aromatic carbocycles. The van der Waals surface area contributed by atoms with E-state index in [0.29, 0.717) is 29.6 Å². The number of carbonyl (C=O) groups excluding carboxylic acids is 1. The normalized spacial score (nSPS) is 11.7. The zero-order valence-electron chi connectivity index (χ0n) is 16.2. The van der Waals surface area contributed by atoms with Gasteiger partial charge in [0.1, 0.15) is 11.1 Å². The molecule has 0 bridgehead atoms. The fourth-order valence-electron chi connectivity index (χ4n) is 2.99. The summed E-state index contributed by atoms with van der Waals surface area (Å²) in [7, 11) is -3.53. The van der Waals surface area contributed by atoms with Gasteiger partial charge in [0.2, 0.25) is 10.0 Å². The van der Waals surface area contributed by atoms with Crippen LogP contribution in [0.25, 0.3) is 11.0 Å². The highest BCUT2D eigenvalue weighted by molar-refractivity contribution is 7.89. The number of fused-ring (bicyclic) bond motifs is 1. The van der Waals surface area contributed by atoms with Crippen LogP contribution in [0.15, 0.2) is 68.7 Å². The zero-order chi connectivity index (χ0) is 21.0. The molecule has 1 amide bonds. The SMILES string of the molecule is CCN(CC)S(=O)(=O)c1ccc(CNC(=O)c2cc3ccccc3oc2=O)cc1. The summed E-state index contributed by atoms with van der Waals surface area (Å²) >= 11 is 0. The minimum atomic E-state index is -3.53. The smallest absolute Gasteiger partial charge is 0.349 e. The van der Waals surface area contributed by atoms with Crippen LogP contribution in [-0.2, 0) is 16.6 Å². The number of para-hydroxylation sites is 1. The van der Waals surface area contributed by atoms with Gasteiger partial charge in [-0.05, 0) is 29.8 Å². The van der Waals surface area contributed by atoms with Crippen molar-refractivity contribution in [2.75, 3.05) is 13.1 Å². The van der Waals surface area contributed by atoms with Crippen LogP contribution in [0.4, 0.5) is 0 Å². The van der Waals surface area contributed by atoms with Gasteiger partial charge in [-0.2, -0.15) is 4.31 Å². The van der Waals surface area contributed by atoms with E-state index in [4.69, 9.17) is 4.42 Å². The molecular weight excluding hydrogens is 392 g/mol. The van der Waals surface area contributed by atoms with Crippen LogP contribution in [0.3, 0.4) is 0 Å². The minimum absolute atomic E-state index is 0.0792. The first-order chi connectivity index (χ1) is 13.9. The Morgan fingerprint density at radius 2 is 1.69 bits per heavy atom. The molecular formula is C21H22N2O5S. The number of carbonyl (C=O) groups is 1. The molecule has 0 fully saturated rings. The molecule has 1 N–H and O–H groups in total. The van der Waals surface area contributed by atoms with E-state index >= 15 is 0 Å². The topological polar surface area (TPSA) is 96.7 Å². The summed E-state index contributed by atoms with van der Waals surface area (Å²) in [6, 6.07) is 14.7. The number of nitrogens with zero attached hydrogens (tertiary/aromatic N) is 1. The minimum Gasteiger partial charge on any atom is -0.422 e. The molecule has 1 aromatic heterocycles. The third-order valence-electron chi connectivity index (χ3n) is 4.61. The maximum absolute atomic E-state index is 12.5. The summed E-state index contributed by atoms with van der Waals surface area (Å²) < 4.78 is 31.6. The van der Waals surface area contributed by atoms with Crippen LogP contribution in [-0.4, -0.2) is 31.7 Å². The van der Waals surface area contributed by atoms with Crippen LogP contribution >= 0.6 is 0 Å². The van der Waals surface area contributed by atoms with E-state index in [0.717, 1.165) is 0 Å². The van der Waals surface area contributed by atoms with Crippen molar-refractivity contribution in [2.24, 2.45) is 0 Å². The van der Waals surface area contributed by atoms with Crippen LogP contribution in [0.5, 0.6) is 0 Å². The molecule has 3 aromatic rings. The monoisotopic (exact) mass is 414 g/mol. The highest BCUT2D eigenvalue weighted by atomic mass is 32.2. The van der Waals surface area contributed by atoms with E-state index < -0.39 is 21.6 Å². The van der Waals surface area contributed by atoms with Gasteiger partial charge in [0.05, 0.1) is 4.90 Å². The third kappa shape index (κ3) is 4.38. The van der Waals surface area contributed by atoms with Crippen LogP contribution in [0.2, 0.25) is 0 Å².